The number of nitrogens with one attached hydrogen (secondary N) is 1. The minimum atomic E-state index is -1.98. The van der Waals surface area contributed by atoms with Gasteiger partial charge >= 0.3 is 0 Å². The van der Waals surface area contributed by atoms with Gasteiger partial charge in [-0.25, -0.2) is 0 Å². The molecule has 0 aliphatic carbocycles. The fraction of sp³-hybridized carbons (Fsp3) is 0.851. The van der Waals surface area contributed by atoms with E-state index in [1.54, 1.807) is 6.08 Å². The van der Waals surface area contributed by atoms with Crippen molar-refractivity contribution in [2.75, 3.05) is 26.4 Å². The molecule has 19 heteroatoms. The van der Waals surface area contributed by atoms with Crippen molar-refractivity contribution in [2.24, 2.45) is 0 Å². The van der Waals surface area contributed by atoms with Gasteiger partial charge in [0.05, 0.1) is 38.6 Å². The Balaban J connectivity index is 1.35. The quantitative estimate of drug-likeness (QED) is 0.0199. The number of hydrogen-bond donors (Lipinski definition) is 12. The number of aliphatic hydroxyl groups is 11. The van der Waals surface area contributed by atoms with Crippen LogP contribution < -0.4 is 5.32 Å². The van der Waals surface area contributed by atoms with E-state index in [2.05, 4.69) is 79.9 Å². The first-order valence-corrected chi connectivity index (χ1v) is 43.2. The lowest BCUT2D eigenvalue weighted by molar-refractivity contribution is -0.379. The Labute approximate surface area is 642 Å². The zero-order valence-corrected chi connectivity index (χ0v) is 66.4. The molecule has 1 amide bonds. The van der Waals surface area contributed by atoms with Gasteiger partial charge in [-0.05, 0) is 64.2 Å². The van der Waals surface area contributed by atoms with Gasteiger partial charge in [0.1, 0.15) is 73.2 Å². The van der Waals surface area contributed by atoms with Crippen LogP contribution in [0.25, 0.3) is 0 Å². The molecule has 3 rings (SSSR count). The van der Waals surface area contributed by atoms with Crippen LogP contribution in [0.1, 0.15) is 341 Å². The van der Waals surface area contributed by atoms with Gasteiger partial charge in [0.2, 0.25) is 5.91 Å². The summed E-state index contributed by atoms with van der Waals surface area (Å²) >= 11 is 0. The molecule has 19 nitrogen and oxygen atoms in total. The second kappa shape index (κ2) is 66.8. The van der Waals surface area contributed by atoms with Gasteiger partial charge in [-0.15, -0.1) is 0 Å². The first-order valence-electron chi connectivity index (χ1n) is 43.2. The third-order valence-corrected chi connectivity index (χ3v) is 21.3. The molecule has 3 aliphatic heterocycles. The third-order valence-electron chi connectivity index (χ3n) is 21.3. The summed E-state index contributed by atoms with van der Waals surface area (Å²) in [5, 5.41) is 121. The monoisotopic (exact) mass is 1500 g/mol. The molecular weight excluding hydrogens is 1350 g/mol. The van der Waals surface area contributed by atoms with Crippen molar-refractivity contribution in [3.63, 3.8) is 0 Å². The molecule has 0 radical (unpaired) electrons. The van der Waals surface area contributed by atoms with Crippen LogP contribution in [0.2, 0.25) is 0 Å². The number of rotatable bonds is 69. The summed E-state index contributed by atoms with van der Waals surface area (Å²) in [5.74, 6) is -0.272. The van der Waals surface area contributed by atoms with E-state index in [0.717, 1.165) is 77.0 Å². The molecular formula is C87H157NO18. The van der Waals surface area contributed by atoms with Crippen molar-refractivity contribution < 1.29 is 89.4 Å². The molecule has 17 atom stereocenters. The van der Waals surface area contributed by atoms with Crippen molar-refractivity contribution >= 4 is 5.91 Å². The molecule has 618 valence electrons. The summed E-state index contributed by atoms with van der Waals surface area (Å²) in [6.07, 6.45) is 61.8. The van der Waals surface area contributed by atoms with Crippen molar-refractivity contribution in [2.45, 2.75) is 446 Å². The number of allylic oxidation sites excluding steroid dienone is 11. The Hall–Kier alpha value is -2.77. The highest BCUT2D eigenvalue weighted by Crippen LogP contribution is 2.33. The zero-order chi connectivity index (χ0) is 76.7. The molecule has 0 bridgehead atoms. The highest BCUT2D eigenvalue weighted by Gasteiger charge is 2.54. The summed E-state index contributed by atoms with van der Waals surface area (Å²) in [5.41, 5.74) is 0. The average molecular weight is 1510 g/mol. The van der Waals surface area contributed by atoms with Crippen LogP contribution in [0.3, 0.4) is 0 Å². The topological polar surface area (TPSA) is 307 Å². The van der Waals surface area contributed by atoms with Crippen LogP contribution in [-0.4, -0.2) is 193 Å². The molecule has 0 aromatic heterocycles. The Kier molecular flexibility index (Phi) is 61.4. The van der Waals surface area contributed by atoms with Crippen molar-refractivity contribution in [3.05, 3.63) is 72.9 Å². The third kappa shape index (κ3) is 45.7. The zero-order valence-electron chi connectivity index (χ0n) is 66.4. The minimum Gasteiger partial charge on any atom is -0.394 e. The highest BCUT2D eigenvalue weighted by molar-refractivity contribution is 5.76. The van der Waals surface area contributed by atoms with E-state index in [0.29, 0.717) is 6.42 Å². The normalized spacial score (nSPS) is 26.0. The SMILES string of the molecule is CC/C=C\C/C=C\C/C=C\C/C=C\C/C=C\CCCCCCCCCCCCCCCCCCCC(=O)NC(COC1OC(CO)C(OC2OC(CO)C(OC3OC(CO)C(O)C(O)C3O)C(O)C2O)C(O)C1O)C(O)/C=C/CCCCCCCCCCCCCCCCCCCCCCCCCCCC. The van der Waals surface area contributed by atoms with Crippen LogP contribution in [0.15, 0.2) is 72.9 Å². The molecule has 12 N–H and O–H groups in total. The van der Waals surface area contributed by atoms with Crippen molar-refractivity contribution in [3.8, 4) is 0 Å². The van der Waals surface area contributed by atoms with E-state index in [9.17, 15) is 61.0 Å². The van der Waals surface area contributed by atoms with Crippen LogP contribution in [0, 0.1) is 0 Å². The van der Waals surface area contributed by atoms with Crippen LogP contribution in [0.4, 0.5) is 0 Å². The van der Waals surface area contributed by atoms with Crippen LogP contribution in [-0.2, 0) is 33.2 Å². The maximum absolute atomic E-state index is 13.5. The molecule has 0 spiro atoms. The van der Waals surface area contributed by atoms with E-state index in [1.165, 1.54) is 238 Å². The predicted molar refractivity (Wildman–Crippen MR) is 425 cm³/mol. The standard InChI is InChI=1S/C87H157NO18/c1-3-5-7-9-11-13-15-17-19-21-23-25-27-29-31-33-34-35-36-37-39-41-43-45-47-49-51-53-55-57-59-61-63-65-75(93)88-70(71(92)64-62-60-58-56-54-52-50-48-46-44-42-40-38-32-30-28-26-24-22-20-18-16-14-12-10-8-6-4-2)69-101-85-81(99)78(96)83(73(67-90)103-85)106-87-82(100)79(97)84(74(68-91)104-87)105-86-80(98)77(95)76(94)72(66-89)102-86/h5,7,11,13,17,19,23,25,29,31,62,64,70-74,76-87,89-92,94-100H,3-4,6,8-10,12,14-16,18,20-22,24,26-28,30,32-61,63,65-69H2,1-2H3,(H,88,93)/b7-5-,13-11-,19-17-,25-23-,31-29-,64-62+. The molecule has 3 fully saturated rings. The molecule has 17 unspecified atom stereocenters. The number of ether oxygens (including phenoxy) is 6. The van der Waals surface area contributed by atoms with Crippen LogP contribution in [0.5, 0.6) is 0 Å². The number of amides is 1. The molecule has 0 aromatic carbocycles. The first kappa shape index (κ1) is 97.4. The lowest BCUT2D eigenvalue weighted by atomic mass is 9.96. The first-order chi connectivity index (χ1) is 51.8. The molecule has 3 aliphatic rings. The van der Waals surface area contributed by atoms with Crippen LogP contribution >= 0.6 is 0 Å². The number of aliphatic hydroxyl groups excluding tert-OH is 11. The number of carbonyl (C=O) groups excluding carboxylic acids is 1. The number of unbranched alkanes of at least 4 members (excludes halogenated alkanes) is 43. The van der Waals surface area contributed by atoms with Gasteiger partial charge in [0.25, 0.3) is 0 Å². The van der Waals surface area contributed by atoms with E-state index in [1.807, 2.05) is 6.08 Å². The summed E-state index contributed by atoms with van der Waals surface area (Å²) in [6.45, 7) is 1.67. The summed E-state index contributed by atoms with van der Waals surface area (Å²) in [6, 6.07) is -0.977. The number of hydrogen-bond acceptors (Lipinski definition) is 18. The van der Waals surface area contributed by atoms with E-state index >= 15 is 0 Å². The molecule has 3 heterocycles. The summed E-state index contributed by atoms with van der Waals surface area (Å²) < 4.78 is 34.5. The van der Waals surface area contributed by atoms with Gasteiger partial charge in [-0.2, -0.15) is 0 Å². The fourth-order valence-electron chi connectivity index (χ4n) is 14.4. The van der Waals surface area contributed by atoms with Gasteiger partial charge in [0, 0.05) is 6.42 Å². The Morgan fingerprint density at radius 2 is 0.651 bits per heavy atom. The predicted octanol–water partition coefficient (Wildman–Crippen LogP) is 15.6. The highest BCUT2D eigenvalue weighted by atomic mass is 16.8. The summed E-state index contributed by atoms with van der Waals surface area (Å²) in [4.78, 5) is 13.5. The smallest absolute Gasteiger partial charge is 0.220 e. The Bertz CT molecular complexity index is 2190. The Morgan fingerprint density at radius 1 is 0.349 bits per heavy atom. The van der Waals surface area contributed by atoms with Crippen molar-refractivity contribution in [1.29, 1.82) is 0 Å². The summed E-state index contributed by atoms with van der Waals surface area (Å²) in [7, 11) is 0. The van der Waals surface area contributed by atoms with Gasteiger partial charge in [-0.3, -0.25) is 4.79 Å². The Morgan fingerprint density at radius 3 is 1.02 bits per heavy atom. The van der Waals surface area contributed by atoms with E-state index in [4.69, 9.17) is 28.4 Å². The van der Waals surface area contributed by atoms with Gasteiger partial charge in [0.15, 0.2) is 18.9 Å². The number of carbonyl (C=O) groups is 1. The van der Waals surface area contributed by atoms with Gasteiger partial charge in [-0.1, -0.05) is 344 Å². The molecule has 0 aromatic rings. The lowest BCUT2D eigenvalue weighted by Crippen LogP contribution is -2.66. The van der Waals surface area contributed by atoms with E-state index < -0.39 is 124 Å². The second-order valence-corrected chi connectivity index (χ2v) is 30.6. The minimum absolute atomic E-state index is 0.243. The second-order valence-electron chi connectivity index (χ2n) is 30.6. The van der Waals surface area contributed by atoms with Gasteiger partial charge < -0.3 is 89.9 Å². The molecule has 3 saturated heterocycles. The largest absolute Gasteiger partial charge is 0.394 e. The maximum Gasteiger partial charge on any atom is 0.220 e. The maximum atomic E-state index is 13.5. The van der Waals surface area contributed by atoms with Crippen molar-refractivity contribution in [1.82, 2.24) is 5.32 Å². The fourth-order valence-corrected chi connectivity index (χ4v) is 14.4. The molecule has 106 heavy (non-hydrogen) atoms. The average Bonchev–Trinajstić information content (AvgIpc) is 0.781. The lowest BCUT2D eigenvalue weighted by Gasteiger charge is -2.48. The van der Waals surface area contributed by atoms with E-state index in [-0.39, 0.29) is 18.9 Å². The molecule has 0 saturated carbocycles.